The molecule has 0 spiro atoms. The third kappa shape index (κ3) is 4.62. The molecule has 4 aromatic carbocycles. The fourth-order valence-electron chi connectivity index (χ4n) is 4.12. The number of carbonyl (C=O) groups is 1. The van der Waals surface area contributed by atoms with Gasteiger partial charge in [-0.1, -0.05) is 78.3 Å². The Labute approximate surface area is 204 Å². The van der Waals surface area contributed by atoms with Gasteiger partial charge in [0.25, 0.3) is 5.91 Å². The van der Waals surface area contributed by atoms with Crippen LogP contribution in [0.15, 0.2) is 97.1 Å². The molecule has 0 bridgehead atoms. The van der Waals surface area contributed by atoms with Crippen molar-refractivity contribution in [3.63, 3.8) is 0 Å². The molecule has 1 heterocycles. The number of ether oxygens (including phenoxy) is 2. The summed E-state index contributed by atoms with van der Waals surface area (Å²) in [5, 5.41) is 3.57. The minimum Gasteiger partial charge on any atom is -0.344 e. The van der Waals surface area contributed by atoms with E-state index in [0.717, 1.165) is 27.8 Å². The van der Waals surface area contributed by atoms with Crippen LogP contribution >= 0.6 is 11.6 Å². The zero-order chi connectivity index (χ0) is 23.5. The molecule has 4 aromatic rings. The van der Waals surface area contributed by atoms with Gasteiger partial charge in [0, 0.05) is 27.4 Å². The van der Waals surface area contributed by atoms with Gasteiger partial charge < -0.3 is 14.8 Å². The van der Waals surface area contributed by atoms with E-state index in [1.807, 2.05) is 67.6 Å². The van der Waals surface area contributed by atoms with E-state index in [-0.39, 0.29) is 5.91 Å². The van der Waals surface area contributed by atoms with Gasteiger partial charge in [0.05, 0.1) is 13.2 Å². The summed E-state index contributed by atoms with van der Waals surface area (Å²) in [6.07, 6.45) is 0. The van der Waals surface area contributed by atoms with Crippen LogP contribution in [0.1, 0.15) is 22.8 Å². The van der Waals surface area contributed by atoms with Crippen LogP contribution in [-0.2, 0) is 15.3 Å². The Hall–Kier alpha value is -3.44. The molecule has 0 unspecified atom stereocenters. The Kier molecular flexibility index (Phi) is 6.20. The molecule has 5 rings (SSSR count). The van der Waals surface area contributed by atoms with Crippen LogP contribution < -0.4 is 5.32 Å². The molecule has 1 saturated heterocycles. The monoisotopic (exact) mass is 469 g/mol. The summed E-state index contributed by atoms with van der Waals surface area (Å²) in [5.41, 5.74) is 6.09. The molecule has 0 radical (unpaired) electrons. The largest absolute Gasteiger partial charge is 0.344 e. The topological polar surface area (TPSA) is 47.6 Å². The lowest BCUT2D eigenvalue weighted by atomic mass is 9.99. The second-order valence-electron chi connectivity index (χ2n) is 8.32. The molecule has 170 valence electrons. The number of carbonyl (C=O) groups excluding carboxylic acids is 1. The summed E-state index contributed by atoms with van der Waals surface area (Å²) >= 11 is 6.50. The zero-order valence-electron chi connectivity index (χ0n) is 18.8. The lowest BCUT2D eigenvalue weighted by Crippen LogP contribution is -2.22. The van der Waals surface area contributed by atoms with Crippen LogP contribution in [0.2, 0.25) is 5.02 Å². The highest BCUT2D eigenvalue weighted by atomic mass is 35.5. The number of anilines is 1. The normalized spacial score (nSPS) is 14.6. The van der Waals surface area contributed by atoms with Gasteiger partial charge >= 0.3 is 0 Å². The van der Waals surface area contributed by atoms with E-state index in [1.165, 1.54) is 0 Å². The Morgan fingerprint density at radius 3 is 2.21 bits per heavy atom. The molecule has 0 atom stereocenters. The molecule has 34 heavy (non-hydrogen) atoms. The summed E-state index contributed by atoms with van der Waals surface area (Å²) in [5.74, 6) is -1.01. The van der Waals surface area contributed by atoms with Crippen molar-refractivity contribution in [1.82, 2.24) is 0 Å². The highest BCUT2D eigenvalue weighted by molar-refractivity contribution is 6.33. The number of nitrogens with one attached hydrogen (secondary N) is 1. The summed E-state index contributed by atoms with van der Waals surface area (Å²) in [7, 11) is 0. The van der Waals surface area contributed by atoms with Gasteiger partial charge in [0.1, 0.15) is 0 Å². The van der Waals surface area contributed by atoms with Gasteiger partial charge in [-0.3, -0.25) is 4.79 Å². The first kappa shape index (κ1) is 22.4. The second kappa shape index (κ2) is 9.43. The van der Waals surface area contributed by atoms with Crippen molar-refractivity contribution in [3.8, 4) is 22.3 Å². The van der Waals surface area contributed by atoms with Crippen molar-refractivity contribution in [2.75, 3.05) is 18.5 Å². The maximum absolute atomic E-state index is 13.0. The first-order valence-electron chi connectivity index (χ1n) is 11.2. The van der Waals surface area contributed by atoms with E-state index in [2.05, 4.69) is 29.6 Å². The summed E-state index contributed by atoms with van der Waals surface area (Å²) in [6.45, 7) is 2.98. The molecule has 1 aliphatic heterocycles. The Morgan fingerprint density at radius 1 is 0.794 bits per heavy atom. The maximum atomic E-state index is 13.0. The van der Waals surface area contributed by atoms with Crippen LogP contribution in [0.3, 0.4) is 0 Å². The number of rotatable bonds is 5. The number of hydrogen-bond acceptors (Lipinski definition) is 3. The lowest BCUT2D eigenvalue weighted by molar-refractivity contribution is -0.149. The third-order valence-corrected chi connectivity index (χ3v) is 6.34. The Morgan fingerprint density at radius 2 is 1.47 bits per heavy atom. The van der Waals surface area contributed by atoms with Crippen LogP contribution in [0.5, 0.6) is 0 Å². The molecule has 1 fully saturated rings. The summed E-state index contributed by atoms with van der Waals surface area (Å²) in [4.78, 5) is 13.0. The molecule has 4 nitrogen and oxygen atoms in total. The minimum absolute atomic E-state index is 0.214. The number of amides is 1. The SMILES string of the molecule is CC1(c2cccc(NC(=O)c3ccc(Cl)c(-c4ccc(-c5ccccc5)cc4)c3)c2)OCCO1. The van der Waals surface area contributed by atoms with E-state index in [9.17, 15) is 4.79 Å². The third-order valence-electron chi connectivity index (χ3n) is 6.01. The van der Waals surface area contributed by atoms with Crippen molar-refractivity contribution in [3.05, 3.63) is 113 Å². The molecule has 5 heteroatoms. The maximum Gasteiger partial charge on any atom is 0.255 e. The first-order valence-corrected chi connectivity index (χ1v) is 11.5. The quantitative estimate of drug-likeness (QED) is 0.337. The number of benzene rings is 4. The minimum atomic E-state index is -0.792. The van der Waals surface area contributed by atoms with Crippen LogP contribution in [-0.4, -0.2) is 19.1 Å². The fourth-order valence-corrected chi connectivity index (χ4v) is 4.35. The average molecular weight is 470 g/mol. The van der Waals surface area contributed by atoms with Gasteiger partial charge in [-0.15, -0.1) is 0 Å². The van der Waals surface area contributed by atoms with Crippen molar-refractivity contribution in [1.29, 1.82) is 0 Å². The predicted octanol–water partition coefficient (Wildman–Crippen LogP) is 7.15. The zero-order valence-corrected chi connectivity index (χ0v) is 19.5. The van der Waals surface area contributed by atoms with Crippen molar-refractivity contribution < 1.29 is 14.3 Å². The van der Waals surface area contributed by atoms with Gasteiger partial charge in [0.2, 0.25) is 0 Å². The fraction of sp³-hybridized carbons (Fsp3) is 0.138. The van der Waals surface area contributed by atoms with E-state index >= 15 is 0 Å². The van der Waals surface area contributed by atoms with E-state index in [1.54, 1.807) is 12.1 Å². The van der Waals surface area contributed by atoms with Crippen molar-refractivity contribution >= 4 is 23.2 Å². The Bertz CT molecular complexity index is 1310. The van der Waals surface area contributed by atoms with E-state index in [0.29, 0.717) is 29.5 Å². The van der Waals surface area contributed by atoms with Crippen molar-refractivity contribution in [2.45, 2.75) is 12.7 Å². The van der Waals surface area contributed by atoms with Gasteiger partial charge in [-0.2, -0.15) is 0 Å². The molecule has 1 amide bonds. The van der Waals surface area contributed by atoms with Gasteiger partial charge in [-0.25, -0.2) is 0 Å². The lowest BCUT2D eigenvalue weighted by Gasteiger charge is -2.23. The molecular weight excluding hydrogens is 446 g/mol. The number of hydrogen-bond donors (Lipinski definition) is 1. The number of halogens is 1. The van der Waals surface area contributed by atoms with E-state index in [4.69, 9.17) is 21.1 Å². The standard InChI is InChI=1S/C29H24ClNO3/c1-29(33-16-17-34-29)24-8-5-9-25(19-24)31-28(32)23-14-15-27(30)26(18-23)22-12-10-21(11-13-22)20-6-3-2-4-7-20/h2-15,18-19H,16-17H2,1H3,(H,31,32). The average Bonchev–Trinajstić information content (AvgIpc) is 3.33. The molecular formula is C29H24ClNO3. The first-order chi connectivity index (χ1) is 16.5. The van der Waals surface area contributed by atoms with Crippen LogP contribution in [0, 0.1) is 0 Å². The van der Waals surface area contributed by atoms with Crippen LogP contribution in [0.25, 0.3) is 22.3 Å². The highest BCUT2D eigenvalue weighted by Crippen LogP contribution is 2.33. The molecule has 0 aromatic heterocycles. The smallest absolute Gasteiger partial charge is 0.255 e. The molecule has 1 aliphatic rings. The van der Waals surface area contributed by atoms with E-state index < -0.39 is 5.79 Å². The molecule has 0 saturated carbocycles. The van der Waals surface area contributed by atoms with Gasteiger partial charge in [0.15, 0.2) is 5.79 Å². The van der Waals surface area contributed by atoms with Crippen molar-refractivity contribution in [2.24, 2.45) is 0 Å². The second-order valence-corrected chi connectivity index (χ2v) is 8.72. The van der Waals surface area contributed by atoms with Gasteiger partial charge in [-0.05, 0) is 53.9 Å². The predicted molar refractivity (Wildman–Crippen MR) is 136 cm³/mol. The van der Waals surface area contributed by atoms with Crippen LogP contribution in [0.4, 0.5) is 5.69 Å². The summed E-state index contributed by atoms with van der Waals surface area (Å²) in [6, 6.07) is 31.2. The molecule has 1 N–H and O–H groups in total. The summed E-state index contributed by atoms with van der Waals surface area (Å²) < 4.78 is 11.5. The molecule has 0 aliphatic carbocycles. The highest BCUT2D eigenvalue weighted by Gasteiger charge is 2.33. The Balaban J connectivity index is 1.37.